The Labute approximate surface area is 161 Å². The van der Waals surface area contributed by atoms with Gasteiger partial charge in [-0.25, -0.2) is 8.78 Å². The maximum atomic E-state index is 14.0. The van der Waals surface area contributed by atoms with E-state index in [1.54, 1.807) is 29.1 Å². The first kappa shape index (κ1) is 18.6. The molecule has 2 amide bonds. The molecular formula is C20H22F2N4O2. The lowest BCUT2D eigenvalue weighted by Gasteiger charge is -2.39. The van der Waals surface area contributed by atoms with Crippen molar-refractivity contribution in [3.63, 3.8) is 0 Å². The average Bonchev–Trinajstić information content (AvgIpc) is 3.30. The van der Waals surface area contributed by atoms with E-state index >= 15 is 0 Å². The van der Waals surface area contributed by atoms with E-state index in [1.807, 2.05) is 0 Å². The Kier molecular flexibility index (Phi) is 4.64. The van der Waals surface area contributed by atoms with Crippen LogP contribution < -0.4 is 0 Å². The van der Waals surface area contributed by atoms with E-state index in [0.717, 1.165) is 12.5 Å². The highest BCUT2D eigenvalue weighted by atomic mass is 19.2. The molecule has 2 aliphatic heterocycles. The number of carbonyl (C=O) groups is 2. The number of carbonyl (C=O) groups excluding carboxylic acids is 2. The standard InChI is InChI=1S/C20H22F2N4O2/c1-24-16(6-9-23-24)18(27)26-11-8-20(13-26)7-3-10-25(19(20)28)12-14-4-2-5-15(21)17(14)22/h2,4-6,9H,3,7-8,10-13H2,1H3/t20-/m0/s1. The summed E-state index contributed by atoms with van der Waals surface area (Å²) in [6.45, 7) is 1.39. The Hall–Kier alpha value is -2.77. The normalized spacial score (nSPS) is 22.3. The van der Waals surface area contributed by atoms with E-state index in [4.69, 9.17) is 0 Å². The second kappa shape index (κ2) is 7.00. The quantitative estimate of drug-likeness (QED) is 0.811. The molecule has 0 radical (unpaired) electrons. The van der Waals surface area contributed by atoms with E-state index in [0.29, 0.717) is 38.2 Å². The van der Waals surface area contributed by atoms with Gasteiger partial charge in [-0.2, -0.15) is 5.10 Å². The Morgan fingerprint density at radius 2 is 2.04 bits per heavy atom. The van der Waals surface area contributed by atoms with Crippen molar-refractivity contribution in [2.75, 3.05) is 19.6 Å². The monoisotopic (exact) mass is 388 g/mol. The van der Waals surface area contributed by atoms with Crippen molar-refractivity contribution in [1.29, 1.82) is 0 Å². The highest BCUT2D eigenvalue weighted by molar-refractivity contribution is 5.94. The van der Waals surface area contributed by atoms with Gasteiger partial charge in [-0.3, -0.25) is 14.3 Å². The number of likely N-dealkylation sites (tertiary alicyclic amines) is 2. The zero-order valence-corrected chi connectivity index (χ0v) is 15.7. The Bertz CT molecular complexity index is 929. The molecule has 148 valence electrons. The third-order valence-electron chi connectivity index (χ3n) is 5.90. The molecular weight excluding hydrogens is 366 g/mol. The molecule has 2 fully saturated rings. The number of aryl methyl sites for hydroxylation is 1. The van der Waals surface area contributed by atoms with Gasteiger partial charge in [0, 0.05) is 45.0 Å². The van der Waals surface area contributed by atoms with E-state index in [1.165, 1.54) is 16.8 Å². The SMILES string of the molecule is Cn1nccc1C(=O)N1CC[C@@]2(CCCN(Cc3cccc(F)c3F)C2=O)C1. The van der Waals surface area contributed by atoms with Crippen LogP contribution in [0.3, 0.4) is 0 Å². The number of aromatic nitrogens is 2. The first-order valence-corrected chi connectivity index (χ1v) is 9.41. The lowest BCUT2D eigenvalue weighted by atomic mass is 9.78. The fraction of sp³-hybridized carbons (Fsp3) is 0.450. The van der Waals surface area contributed by atoms with E-state index in [2.05, 4.69) is 5.10 Å². The third-order valence-corrected chi connectivity index (χ3v) is 5.90. The highest BCUT2D eigenvalue weighted by Crippen LogP contribution is 2.41. The first-order chi connectivity index (χ1) is 13.4. The van der Waals surface area contributed by atoms with Crippen molar-refractivity contribution in [2.24, 2.45) is 12.5 Å². The molecule has 6 nitrogen and oxygen atoms in total. The lowest BCUT2D eigenvalue weighted by molar-refractivity contribution is -0.146. The van der Waals surface area contributed by atoms with Gasteiger partial charge in [0.15, 0.2) is 11.6 Å². The Morgan fingerprint density at radius 3 is 2.79 bits per heavy atom. The van der Waals surface area contributed by atoms with Crippen LogP contribution in [-0.2, 0) is 18.4 Å². The predicted molar refractivity (Wildman–Crippen MR) is 97.2 cm³/mol. The Balaban J connectivity index is 1.51. The molecule has 2 aliphatic rings. The third kappa shape index (κ3) is 3.06. The van der Waals surface area contributed by atoms with Gasteiger partial charge in [0.1, 0.15) is 5.69 Å². The molecule has 28 heavy (non-hydrogen) atoms. The molecule has 0 saturated carbocycles. The van der Waals surface area contributed by atoms with Crippen LogP contribution in [0.5, 0.6) is 0 Å². The van der Waals surface area contributed by atoms with Gasteiger partial charge in [0.2, 0.25) is 5.91 Å². The molecule has 3 heterocycles. The number of halogens is 2. The first-order valence-electron chi connectivity index (χ1n) is 9.41. The van der Waals surface area contributed by atoms with Gasteiger partial charge in [0.05, 0.1) is 5.41 Å². The maximum Gasteiger partial charge on any atom is 0.272 e. The fourth-order valence-corrected chi connectivity index (χ4v) is 4.35. The summed E-state index contributed by atoms with van der Waals surface area (Å²) < 4.78 is 29.1. The smallest absolute Gasteiger partial charge is 0.272 e. The maximum absolute atomic E-state index is 14.0. The molecule has 8 heteroatoms. The van der Waals surface area contributed by atoms with Crippen LogP contribution in [0.4, 0.5) is 8.78 Å². The summed E-state index contributed by atoms with van der Waals surface area (Å²) in [5, 5.41) is 4.03. The number of nitrogens with zero attached hydrogens (tertiary/aromatic N) is 4. The summed E-state index contributed by atoms with van der Waals surface area (Å²) >= 11 is 0. The van der Waals surface area contributed by atoms with Gasteiger partial charge >= 0.3 is 0 Å². The van der Waals surface area contributed by atoms with E-state index < -0.39 is 17.0 Å². The van der Waals surface area contributed by atoms with Crippen LogP contribution in [0.1, 0.15) is 35.3 Å². The zero-order valence-electron chi connectivity index (χ0n) is 15.7. The van der Waals surface area contributed by atoms with E-state index in [-0.39, 0.29) is 23.9 Å². The van der Waals surface area contributed by atoms with Crippen molar-refractivity contribution in [2.45, 2.75) is 25.8 Å². The van der Waals surface area contributed by atoms with Crippen molar-refractivity contribution in [3.05, 3.63) is 53.4 Å². The van der Waals surface area contributed by atoms with Crippen LogP contribution >= 0.6 is 0 Å². The van der Waals surface area contributed by atoms with Gasteiger partial charge in [0.25, 0.3) is 5.91 Å². The molecule has 0 aliphatic carbocycles. The van der Waals surface area contributed by atoms with Crippen LogP contribution in [0, 0.1) is 17.0 Å². The lowest BCUT2D eigenvalue weighted by Crippen LogP contribution is -2.50. The van der Waals surface area contributed by atoms with E-state index in [9.17, 15) is 18.4 Å². The number of amides is 2. The van der Waals surface area contributed by atoms with Crippen molar-refractivity contribution < 1.29 is 18.4 Å². The molecule has 4 rings (SSSR count). The van der Waals surface area contributed by atoms with Crippen molar-refractivity contribution in [3.8, 4) is 0 Å². The Morgan fingerprint density at radius 1 is 1.21 bits per heavy atom. The molecule has 1 aromatic heterocycles. The van der Waals surface area contributed by atoms with Crippen molar-refractivity contribution in [1.82, 2.24) is 19.6 Å². The fourth-order valence-electron chi connectivity index (χ4n) is 4.35. The second-order valence-corrected chi connectivity index (χ2v) is 7.64. The topological polar surface area (TPSA) is 58.4 Å². The molecule has 0 N–H and O–H groups in total. The number of benzene rings is 1. The molecule has 0 unspecified atom stereocenters. The molecule has 2 saturated heterocycles. The van der Waals surface area contributed by atoms with Crippen LogP contribution in [0.2, 0.25) is 0 Å². The summed E-state index contributed by atoms with van der Waals surface area (Å²) in [6, 6.07) is 5.67. The number of hydrogen-bond acceptors (Lipinski definition) is 3. The minimum absolute atomic E-state index is 0.0415. The summed E-state index contributed by atoms with van der Waals surface area (Å²) in [5.41, 5.74) is 0.0150. The van der Waals surface area contributed by atoms with Gasteiger partial charge in [-0.1, -0.05) is 12.1 Å². The minimum Gasteiger partial charge on any atom is -0.338 e. The largest absolute Gasteiger partial charge is 0.338 e. The molecule has 2 aromatic rings. The predicted octanol–water partition coefficient (Wildman–Crippen LogP) is 2.35. The molecule has 1 atom stereocenters. The van der Waals surface area contributed by atoms with Gasteiger partial charge < -0.3 is 9.80 Å². The second-order valence-electron chi connectivity index (χ2n) is 7.64. The summed E-state index contributed by atoms with van der Waals surface area (Å²) in [5.74, 6) is -2.04. The average molecular weight is 388 g/mol. The number of rotatable bonds is 3. The minimum atomic E-state index is -0.912. The van der Waals surface area contributed by atoms with Crippen molar-refractivity contribution >= 4 is 11.8 Å². The van der Waals surface area contributed by atoms with Gasteiger partial charge in [-0.05, 0) is 31.4 Å². The molecule has 1 spiro atoms. The zero-order chi connectivity index (χ0) is 19.9. The van der Waals surface area contributed by atoms with Crippen LogP contribution in [0.15, 0.2) is 30.5 Å². The van der Waals surface area contributed by atoms with Gasteiger partial charge in [-0.15, -0.1) is 0 Å². The summed E-state index contributed by atoms with van der Waals surface area (Å²) in [6.07, 6.45) is 3.62. The summed E-state index contributed by atoms with van der Waals surface area (Å²) in [4.78, 5) is 29.3. The molecule has 1 aromatic carbocycles. The number of piperidine rings is 1. The summed E-state index contributed by atoms with van der Waals surface area (Å²) in [7, 11) is 1.71. The van der Waals surface area contributed by atoms with Crippen LogP contribution in [0.25, 0.3) is 0 Å². The van der Waals surface area contributed by atoms with Crippen LogP contribution in [-0.4, -0.2) is 51.0 Å². The molecule has 0 bridgehead atoms. The highest BCUT2D eigenvalue weighted by Gasteiger charge is 2.49. The number of hydrogen-bond donors (Lipinski definition) is 0.